The Morgan fingerprint density at radius 1 is 1.31 bits per heavy atom. The molecule has 0 saturated heterocycles. The molecule has 0 aliphatic heterocycles. The number of nitrogens with one attached hydrogen (secondary N) is 1. The Balaban J connectivity index is 2.08. The second kappa shape index (κ2) is 4.89. The first-order valence-corrected chi connectivity index (χ1v) is 5.20. The van der Waals surface area contributed by atoms with E-state index in [1.165, 1.54) is 0 Å². The van der Waals surface area contributed by atoms with Crippen molar-refractivity contribution in [1.29, 1.82) is 0 Å². The zero-order chi connectivity index (χ0) is 9.84. The molecule has 0 aromatic carbocycles. The molecule has 1 aliphatic carbocycles. The lowest BCUT2D eigenvalue weighted by Gasteiger charge is -2.14. The van der Waals surface area contributed by atoms with Crippen molar-refractivity contribution in [2.24, 2.45) is 11.8 Å². The predicted octanol–water partition coefficient (Wildman–Crippen LogP) is 2.67. The van der Waals surface area contributed by atoms with E-state index >= 15 is 0 Å². The van der Waals surface area contributed by atoms with Crippen molar-refractivity contribution in [3.05, 3.63) is 0 Å². The zero-order valence-corrected chi connectivity index (χ0v) is 8.39. The van der Waals surface area contributed by atoms with Gasteiger partial charge in [0.05, 0.1) is 0 Å². The summed E-state index contributed by atoms with van der Waals surface area (Å²) in [5.74, 6) is -0.0811. The molecule has 1 rings (SSSR count). The topological polar surface area (TPSA) is 12.0 Å². The summed E-state index contributed by atoms with van der Waals surface area (Å²) in [5, 5.41) is 3.33. The first kappa shape index (κ1) is 10.9. The van der Waals surface area contributed by atoms with Crippen molar-refractivity contribution in [1.82, 2.24) is 5.32 Å². The number of hydrogen-bond donors (Lipinski definition) is 1. The van der Waals surface area contributed by atoms with E-state index in [0.717, 1.165) is 19.4 Å². The monoisotopic (exact) mass is 191 g/mol. The SMILES string of the molecule is CCC(CC)NCC1CC1C(F)F. The highest BCUT2D eigenvalue weighted by atomic mass is 19.3. The van der Waals surface area contributed by atoms with Crippen LogP contribution in [0.2, 0.25) is 0 Å². The Labute approximate surface area is 78.9 Å². The molecule has 78 valence electrons. The van der Waals surface area contributed by atoms with E-state index in [1.54, 1.807) is 0 Å². The Morgan fingerprint density at radius 2 is 1.92 bits per heavy atom. The number of alkyl halides is 2. The Hall–Kier alpha value is -0.180. The fourth-order valence-electron chi connectivity index (χ4n) is 1.71. The Bertz CT molecular complexity index is 146. The molecule has 0 spiro atoms. The smallest absolute Gasteiger partial charge is 0.241 e. The summed E-state index contributed by atoms with van der Waals surface area (Å²) >= 11 is 0. The Kier molecular flexibility index (Phi) is 4.10. The lowest BCUT2D eigenvalue weighted by molar-refractivity contribution is 0.115. The quantitative estimate of drug-likeness (QED) is 0.680. The van der Waals surface area contributed by atoms with Gasteiger partial charge in [0.2, 0.25) is 6.43 Å². The highest BCUT2D eigenvalue weighted by molar-refractivity contribution is 4.90. The molecular weight excluding hydrogens is 172 g/mol. The molecule has 0 bridgehead atoms. The van der Waals surface area contributed by atoms with E-state index in [9.17, 15) is 8.78 Å². The van der Waals surface area contributed by atoms with Crippen LogP contribution in [-0.4, -0.2) is 19.0 Å². The van der Waals surface area contributed by atoms with Crippen molar-refractivity contribution >= 4 is 0 Å². The van der Waals surface area contributed by atoms with Crippen LogP contribution in [0.15, 0.2) is 0 Å². The summed E-state index contributed by atoms with van der Waals surface area (Å²) in [6.07, 6.45) is 0.782. The molecular formula is C10H19F2N. The first-order chi connectivity index (χ1) is 6.19. The molecule has 0 aromatic rings. The maximum Gasteiger partial charge on any atom is 0.241 e. The minimum absolute atomic E-state index is 0.237. The number of rotatable bonds is 6. The van der Waals surface area contributed by atoms with Gasteiger partial charge in [-0.05, 0) is 31.7 Å². The standard InChI is InChI=1S/C10H19F2N/c1-3-8(4-2)13-6-7-5-9(7)10(11)12/h7-10,13H,3-6H2,1-2H3. The van der Waals surface area contributed by atoms with Crippen LogP contribution in [0.1, 0.15) is 33.1 Å². The van der Waals surface area contributed by atoms with E-state index in [4.69, 9.17) is 0 Å². The van der Waals surface area contributed by atoms with Gasteiger partial charge in [0.15, 0.2) is 0 Å². The molecule has 1 fully saturated rings. The van der Waals surface area contributed by atoms with E-state index in [-0.39, 0.29) is 11.8 Å². The van der Waals surface area contributed by atoms with Gasteiger partial charge in [0, 0.05) is 12.0 Å². The summed E-state index contributed by atoms with van der Waals surface area (Å²) in [6, 6.07) is 0.513. The summed E-state index contributed by atoms with van der Waals surface area (Å²) in [6.45, 7) is 5.03. The third kappa shape index (κ3) is 3.22. The zero-order valence-electron chi connectivity index (χ0n) is 8.39. The van der Waals surface area contributed by atoms with Gasteiger partial charge < -0.3 is 5.32 Å². The molecule has 1 saturated carbocycles. The van der Waals surface area contributed by atoms with E-state index < -0.39 is 6.43 Å². The van der Waals surface area contributed by atoms with Crippen LogP contribution in [0, 0.1) is 11.8 Å². The van der Waals surface area contributed by atoms with Gasteiger partial charge in [0.1, 0.15) is 0 Å². The molecule has 1 N–H and O–H groups in total. The molecule has 3 heteroatoms. The molecule has 0 amide bonds. The van der Waals surface area contributed by atoms with Gasteiger partial charge in [-0.25, -0.2) is 8.78 Å². The molecule has 1 nitrogen and oxygen atoms in total. The number of hydrogen-bond acceptors (Lipinski definition) is 1. The summed E-state index contributed by atoms with van der Waals surface area (Å²) in [7, 11) is 0. The number of halogens is 2. The van der Waals surface area contributed by atoms with E-state index in [1.807, 2.05) is 0 Å². The molecule has 1 aliphatic rings. The molecule has 0 heterocycles. The fourth-order valence-corrected chi connectivity index (χ4v) is 1.71. The van der Waals surface area contributed by atoms with Crippen LogP contribution in [0.25, 0.3) is 0 Å². The highest BCUT2D eigenvalue weighted by Gasteiger charge is 2.43. The van der Waals surface area contributed by atoms with E-state index in [0.29, 0.717) is 12.5 Å². The second-order valence-corrected chi connectivity index (χ2v) is 3.92. The van der Waals surface area contributed by atoms with Crippen molar-refractivity contribution in [2.75, 3.05) is 6.54 Å². The van der Waals surface area contributed by atoms with Gasteiger partial charge >= 0.3 is 0 Å². The second-order valence-electron chi connectivity index (χ2n) is 3.92. The maximum absolute atomic E-state index is 12.1. The fraction of sp³-hybridized carbons (Fsp3) is 1.00. The molecule has 0 radical (unpaired) electrons. The lowest BCUT2D eigenvalue weighted by atomic mass is 10.1. The average molecular weight is 191 g/mol. The molecule has 2 unspecified atom stereocenters. The maximum atomic E-state index is 12.1. The largest absolute Gasteiger partial charge is 0.314 e. The predicted molar refractivity (Wildman–Crippen MR) is 50.0 cm³/mol. The molecule has 0 aromatic heterocycles. The van der Waals surface area contributed by atoms with Gasteiger partial charge in [-0.3, -0.25) is 0 Å². The van der Waals surface area contributed by atoms with Gasteiger partial charge in [-0.15, -0.1) is 0 Å². The highest BCUT2D eigenvalue weighted by Crippen LogP contribution is 2.42. The van der Waals surface area contributed by atoms with Gasteiger partial charge in [-0.1, -0.05) is 13.8 Å². The van der Waals surface area contributed by atoms with Crippen molar-refractivity contribution in [3.63, 3.8) is 0 Å². The van der Waals surface area contributed by atoms with E-state index in [2.05, 4.69) is 19.2 Å². The minimum Gasteiger partial charge on any atom is -0.314 e. The average Bonchev–Trinajstić information content (AvgIpc) is 2.86. The van der Waals surface area contributed by atoms with Crippen LogP contribution in [0.4, 0.5) is 8.78 Å². The molecule has 2 atom stereocenters. The van der Waals surface area contributed by atoms with Crippen LogP contribution >= 0.6 is 0 Å². The third-order valence-corrected chi connectivity index (χ3v) is 2.96. The Morgan fingerprint density at radius 3 is 2.31 bits per heavy atom. The van der Waals surface area contributed by atoms with Crippen LogP contribution in [-0.2, 0) is 0 Å². The van der Waals surface area contributed by atoms with Gasteiger partial charge in [-0.2, -0.15) is 0 Å². The van der Waals surface area contributed by atoms with Crippen LogP contribution < -0.4 is 5.32 Å². The van der Waals surface area contributed by atoms with Crippen molar-refractivity contribution in [3.8, 4) is 0 Å². The first-order valence-electron chi connectivity index (χ1n) is 5.20. The van der Waals surface area contributed by atoms with Crippen molar-refractivity contribution < 1.29 is 8.78 Å². The summed E-state index contributed by atoms with van der Waals surface area (Å²) < 4.78 is 24.3. The summed E-state index contributed by atoms with van der Waals surface area (Å²) in [5.41, 5.74) is 0. The lowest BCUT2D eigenvalue weighted by Crippen LogP contribution is -2.30. The molecule has 13 heavy (non-hydrogen) atoms. The van der Waals surface area contributed by atoms with Crippen molar-refractivity contribution in [2.45, 2.75) is 45.6 Å². The van der Waals surface area contributed by atoms with Crippen LogP contribution in [0.3, 0.4) is 0 Å². The van der Waals surface area contributed by atoms with Gasteiger partial charge in [0.25, 0.3) is 0 Å². The normalized spacial score (nSPS) is 27.2. The third-order valence-electron chi connectivity index (χ3n) is 2.96. The minimum atomic E-state index is -2.10. The van der Waals surface area contributed by atoms with Crippen LogP contribution in [0.5, 0.6) is 0 Å². The summed E-state index contributed by atoms with van der Waals surface area (Å²) in [4.78, 5) is 0.